The third-order valence-electron chi connectivity index (χ3n) is 4.53. The number of aryl methyl sites for hydroxylation is 2. The van der Waals surface area contributed by atoms with E-state index < -0.39 is 0 Å². The average Bonchev–Trinajstić information content (AvgIpc) is 2.91. The Labute approximate surface area is 133 Å². The molecule has 1 unspecified atom stereocenters. The van der Waals surface area contributed by atoms with Gasteiger partial charge in [-0.15, -0.1) is 11.3 Å². The van der Waals surface area contributed by atoms with Crippen molar-refractivity contribution in [3.8, 4) is 0 Å². The van der Waals surface area contributed by atoms with Crippen LogP contribution >= 0.6 is 27.3 Å². The zero-order valence-corrected chi connectivity index (χ0v) is 14.3. The Kier molecular flexibility index (Phi) is 4.82. The number of hydrogen-bond acceptors (Lipinski definition) is 2. The van der Waals surface area contributed by atoms with Crippen LogP contribution < -0.4 is 0 Å². The van der Waals surface area contributed by atoms with E-state index in [0.717, 1.165) is 29.7 Å². The van der Waals surface area contributed by atoms with E-state index >= 15 is 0 Å². The minimum absolute atomic E-state index is 0.281. The van der Waals surface area contributed by atoms with Crippen LogP contribution in [0.3, 0.4) is 0 Å². The topological polar surface area (TPSA) is 20.3 Å². The van der Waals surface area contributed by atoms with E-state index in [-0.39, 0.29) is 5.91 Å². The quantitative estimate of drug-likeness (QED) is 0.741. The lowest BCUT2D eigenvalue weighted by Crippen LogP contribution is -2.39. The normalized spacial score (nSPS) is 22.6. The second kappa shape index (κ2) is 6.61. The predicted molar refractivity (Wildman–Crippen MR) is 88.0 cm³/mol. The highest BCUT2D eigenvalue weighted by Gasteiger charge is 2.26. The van der Waals surface area contributed by atoms with Crippen LogP contribution in [0.25, 0.3) is 0 Å². The molecule has 1 aromatic rings. The molecule has 1 aromatic heterocycles. The fourth-order valence-corrected chi connectivity index (χ4v) is 5.26. The number of thiophene rings is 1. The fourth-order valence-electron chi connectivity index (χ4n) is 3.39. The molecular formula is C16H22BrNOS. The summed E-state index contributed by atoms with van der Waals surface area (Å²) < 4.78 is 0. The van der Waals surface area contributed by atoms with E-state index in [1.165, 1.54) is 49.0 Å². The van der Waals surface area contributed by atoms with Gasteiger partial charge >= 0.3 is 0 Å². The first kappa shape index (κ1) is 14.6. The molecule has 1 aliphatic heterocycles. The van der Waals surface area contributed by atoms with Crippen molar-refractivity contribution in [1.29, 1.82) is 0 Å². The third kappa shape index (κ3) is 3.11. The number of carbonyl (C=O) groups excluding carboxylic acids is 1. The van der Waals surface area contributed by atoms with Crippen LogP contribution in [0.15, 0.2) is 6.07 Å². The Balaban J connectivity index is 1.70. The fraction of sp³-hybridized carbons (Fsp3) is 0.688. The van der Waals surface area contributed by atoms with Crippen LogP contribution in [0.2, 0.25) is 0 Å². The minimum Gasteiger partial charge on any atom is -0.338 e. The summed E-state index contributed by atoms with van der Waals surface area (Å²) in [5, 5.41) is 1.05. The van der Waals surface area contributed by atoms with Crippen molar-refractivity contribution in [3.05, 3.63) is 21.4 Å². The monoisotopic (exact) mass is 355 g/mol. The number of halogens is 1. The van der Waals surface area contributed by atoms with Gasteiger partial charge in [0.05, 0.1) is 4.88 Å². The highest BCUT2D eigenvalue weighted by atomic mass is 79.9. The first-order valence-electron chi connectivity index (χ1n) is 7.74. The van der Waals surface area contributed by atoms with E-state index in [1.807, 2.05) is 0 Å². The zero-order chi connectivity index (χ0) is 13.9. The molecule has 1 aliphatic carbocycles. The Morgan fingerprint density at radius 2 is 2.20 bits per heavy atom. The van der Waals surface area contributed by atoms with Gasteiger partial charge in [0.25, 0.3) is 5.91 Å². The lowest BCUT2D eigenvalue weighted by Gasteiger charge is -2.32. The summed E-state index contributed by atoms with van der Waals surface area (Å²) in [5.74, 6) is 0.963. The molecule has 1 fully saturated rings. The molecule has 3 rings (SSSR count). The smallest absolute Gasteiger partial charge is 0.263 e. The second-order valence-corrected chi connectivity index (χ2v) is 7.93. The summed E-state index contributed by atoms with van der Waals surface area (Å²) in [6, 6.07) is 2.18. The van der Waals surface area contributed by atoms with Gasteiger partial charge in [0, 0.05) is 23.3 Å². The molecule has 0 N–H and O–H groups in total. The first-order valence-corrected chi connectivity index (χ1v) is 9.68. The summed E-state index contributed by atoms with van der Waals surface area (Å²) >= 11 is 5.28. The Morgan fingerprint density at radius 1 is 1.35 bits per heavy atom. The molecule has 1 atom stereocenters. The maximum absolute atomic E-state index is 12.7. The number of hydrogen-bond donors (Lipinski definition) is 0. The van der Waals surface area contributed by atoms with Crippen molar-refractivity contribution >= 4 is 33.2 Å². The predicted octanol–water partition coefficient (Wildman–Crippen LogP) is 4.26. The van der Waals surface area contributed by atoms with Crippen LogP contribution in [0.1, 0.15) is 52.2 Å². The molecule has 2 aliphatic rings. The maximum atomic E-state index is 12.7. The zero-order valence-electron chi connectivity index (χ0n) is 11.9. The van der Waals surface area contributed by atoms with E-state index in [9.17, 15) is 4.79 Å². The second-order valence-electron chi connectivity index (χ2n) is 6.00. The maximum Gasteiger partial charge on any atom is 0.263 e. The number of rotatable bonds is 3. The lowest BCUT2D eigenvalue weighted by atomic mass is 9.95. The molecule has 110 valence electrons. The molecule has 1 amide bonds. The van der Waals surface area contributed by atoms with Crippen molar-refractivity contribution in [1.82, 2.24) is 4.90 Å². The number of alkyl halides is 1. The van der Waals surface area contributed by atoms with Gasteiger partial charge in [-0.2, -0.15) is 0 Å². The van der Waals surface area contributed by atoms with E-state index in [1.54, 1.807) is 11.3 Å². The highest BCUT2D eigenvalue weighted by Crippen LogP contribution is 2.31. The minimum atomic E-state index is 0.281. The van der Waals surface area contributed by atoms with Crippen molar-refractivity contribution in [2.24, 2.45) is 5.92 Å². The summed E-state index contributed by atoms with van der Waals surface area (Å²) in [6.45, 7) is 1.90. The molecule has 0 radical (unpaired) electrons. The SMILES string of the molecule is O=C(c1cc2c(s1)CCCC2)N1CCCC(CCBr)C1. The van der Waals surface area contributed by atoms with Crippen LogP contribution in [0, 0.1) is 5.92 Å². The number of fused-ring (bicyclic) bond motifs is 1. The standard InChI is InChI=1S/C16H22BrNOS/c17-8-7-12-4-3-9-18(11-12)16(19)15-10-13-5-1-2-6-14(13)20-15/h10,12H,1-9,11H2. The largest absolute Gasteiger partial charge is 0.338 e. The van der Waals surface area contributed by atoms with Crippen molar-refractivity contribution in [2.75, 3.05) is 18.4 Å². The first-order chi connectivity index (χ1) is 9.78. The molecule has 0 spiro atoms. The number of likely N-dealkylation sites (tertiary alicyclic amines) is 1. The van der Waals surface area contributed by atoms with Gasteiger partial charge in [-0.05, 0) is 62.5 Å². The number of nitrogens with zero attached hydrogens (tertiary/aromatic N) is 1. The summed E-state index contributed by atoms with van der Waals surface area (Å²) in [7, 11) is 0. The molecule has 4 heteroatoms. The van der Waals surface area contributed by atoms with Crippen LogP contribution in [0.4, 0.5) is 0 Å². The third-order valence-corrected chi connectivity index (χ3v) is 6.21. The summed E-state index contributed by atoms with van der Waals surface area (Å²) in [4.78, 5) is 17.2. The van der Waals surface area contributed by atoms with Gasteiger partial charge in [-0.25, -0.2) is 0 Å². The van der Waals surface area contributed by atoms with Crippen molar-refractivity contribution in [3.63, 3.8) is 0 Å². The van der Waals surface area contributed by atoms with Crippen LogP contribution in [-0.4, -0.2) is 29.2 Å². The summed E-state index contributed by atoms with van der Waals surface area (Å²) in [6.07, 6.45) is 8.55. The van der Waals surface area contributed by atoms with Crippen molar-refractivity contribution in [2.45, 2.75) is 44.9 Å². The highest BCUT2D eigenvalue weighted by molar-refractivity contribution is 9.09. The van der Waals surface area contributed by atoms with Gasteiger partial charge < -0.3 is 4.90 Å². The van der Waals surface area contributed by atoms with Gasteiger partial charge in [0.1, 0.15) is 0 Å². The van der Waals surface area contributed by atoms with E-state index in [2.05, 4.69) is 26.9 Å². The van der Waals surface area contributed by atoms with Gasteiger partial charge in [0.15, 0.2) is 0 Å². The van der Waals surface area contributed by atoms with Crippen LogP contribution in [-0.2, 0) is 12.8 Å². The van der Waals surface area contributed by atoms with E-state index in [4.69, 9.17) is 0 Å². The summed E-state index contributed by atoms with van der Waals surface area (Å²) in [5.41, 5.74) is 1.44. The van der Waals surface area contributed by atoms with Gasteiger partial charge in [0.2, 0.25) is 0 Å². The molecule has 0 saturated carbocycles. The molecular weight excluding hydrogens is 334 g/mol. The van der Waals surface area contributed by atoms with Gasteiger partial charge in [-0.3, -0.25) is 4.79 Å². The molecule has 2 heterocycles. The Hall–Kier alpha value is -0.350. The number of carbonyl (C=O) groups is 1. The average molecular weight is 356 g/mol. The van der Waals surface area contributed by atoms with Gasteiger partial charge in [-0.1, -0.05) is 15.9 Å². The Morgan fingerprint density at radius 3 is 3.00 bits per heavy atom. The number of piperidine rings is 1. The van der Waals surface area contributed by atoms with Crippen LogP contribution in [0.5, 0.6) is 0 Å². The molecule has 2 nitrogen and oxygen atoms in total. The Bertz CT molecular complexity index is 459. The van der Waals surface area contributed by atoms with E-state index in [0.29, 0.717) is 5.92 Å². The molecule has 1 saturated heterocycles. The lowest BCUT2D eigenvalue weighted by molar-refractivity contribution is 0.0677. The number of amides is 1. The molecule has 20 heavy (non-hydrogen) atoms. The van der Waals surface area contributed by atoms with Crippen molar-refractivity contribution < 1.29 is 4.79 Å². The molecule has 0 bridgehead atoms. The molecule has 0 aromatic carbocycles.